The van der Waals surface area contributed by atoms with Gasteiger partial charge in [0, 0.05) is 24.9 Å². The molecule has 200 valence electrons. The summed E-state index contributed by atoms with van der Waals surface area (Å²) >= 11 is 6.67. The number of carbonyl (C=O) groups is 2. The van der Waals surface area contributed by atoms with Crippen molar-refractivity contribution in [1.82, 2.24) is 0 Å². The normalized spacial score (nSPS) is 10.5. The lowest BCUT2D eigenvalue weighted by Gasteiger charge is -2.15. The van der Waals surface area contributed by atoms with Crippen molar-refractivity contribution < 1.29 is 19.1 Å². The van der Waals surface area contributed by atoms with E-state index >= 15 is 0 Å². The molecule has 0 aliphatic rings. The van der Waals surface area contributed by atoms with Crippen LogP contribution in [0.5, 0.6) is 5.75 Å². The predicted octanol–water partition coefficient (Wildman–Crippen LogP) is 7.26. The zero-order chi connectivity index (χ0) is 27.6. The second-order valence-corrected chi connectivity index (χ2v) is 9.41. The van der Waals surface area contributed by atoms with Gasteiger partial charge in [-0.1, -0.05) is 72.3 Å². The van der Waals surface area contributed by atoms with E-state index in [-0.39, 0.29) is 12.5 Å². The van der Waals surface area contributed by atoms with E-state index in [0.717, 1.165) is 28.0 Å². The first kappa shape index (κ1) is 27.7. The topological polar surface area (TPSA) is 76.7 Å². The highest BCUT2D eigenvalue weighted by Crippen LogP contribution is 2.28. The summed E-state index contributed by atoms with van der Waals surface area (Å²) in [4.78, 5) is 23.9. The molecule has 0 aromatic heterocycles. The molecule has 6 nitrogen and oxygen atoms in total. The van der Waals surface area contributed by atoms with Crippen LogP contribution in [0.3, 0.4) is 0 Å². The Morgan fingerprint density at radius 2 is 1.59 bits per heavy atom. The van der Waals surface area contributed by atoms with E-state index in [1.165, 1.54) is 6.92 Å². The minimum atomic E-state index is -0.426. The number of esters is 1. The van der Waals surface area contributed by atoms with Crippen LogP contribution in [-0.4, -0.2) is 18.5 Å². The average molecular weight is 543 g/mol. The van der Waals surface area contributed by atoms with Gasteiger partial charge >= 0.3 is 5.97 Å². The van der Waals surface area contributed by atoms with Gasteiger partial charge in [0.25, 0.3) is 0 Å². The van der Waals surface area contributed by atoms with Crippen molar-refractivity contribution in [3.63, 3.8) is 0 Å². The molecule has 4 aromatic carbocycles. The van der Waals surface area contributed by atoms with E-state index in [0.29, 0.717) is 41.5 Å². The molecule has 0 bridgehead atoms. The third-order valence-electron chi connectivity index (χ3n) is 6.03. The second-order valence-electron chi connectivity index (χ2n) is 9.00. The highest BCUT2D eigenvalue weighted by atomic mass is 35.5. The van der Waals surface area contributed by atoms with Crippen LogP contribution in [0.1, 0.15) is 46.5 Å². The largest absolute Gasteiger partial charge is 0.489 e. The molecule has 0 heterocycles. The highest BCUT2D eigenvalue weighted by molar-refractivity contribution is 6.31. The Morgan fingerprint density at radius 3 is 2.33 bits per heavy atom. The summed E-state index contributed by atoms with van der Waals surface area (Å²) in [6.45, 7) is 4.37. The number of para-hydroxylation sites is 1. The van der Waals surface area contributed by atoms with Crippen molar-refractivity contribution in [2.75, 3.05) is 17.2 Å². The Hall–Kier alpha value is -4.29. The van der Waals surface area contributed by atoms with E-state index in [9.17, 15) is 9.59 Å². The van der Waals surface area contributed by atoms with Gasteiger partial charge in [-0.2, -0.15) is 0 Å². The fourth-order valence-electron chi connectivity index (χ4n) is 4.11. The molecule has 0 atom stereocenters. The van der Waals surface area contributed by atoms with Crippen molar-refractivity contribution in [1.29, 1.82) is 0 Å². The summed E-state index contributed by atoms with van der Waals surface area (Å²) in [6.07, 6.45) is 0.673. The molecular weight excluding hydrogens is 512 g/mol. The third kappa shape index (κ3) is 7.85. The molecule has 0 unspecified atom stereocenters. The first-order chi connectivity index (χ1) is 18.9. The first-order valence-electron chi connectivity index (χ1n) is 12.8. The summed E-state index contributed by atoms with van der Waals surface area (Å²) in [5.74, 6) is 0.206. The van der Waals surface area contributed by atoms with E-state index in [1.807, 2.05) is 66.7 Å². The molecule has 0 fully saturated rings. The van der Waals surface area contributed by atoms with Crippen LogP contribution in [-0.2, 0) is 29.1 Å². The van der Waals surface area contributed by atoms with Crippen LogP contribution >= 0.6 is 11.6 Å². The smallest absolute Gasteiger partial charge is 0.338 e. The summed E-state index contributed by atoms with van der Waals surface area (Å²) in [7, 11) is 0. The van der Waals surface area contributed by atoms with Gasteiger partial charge in [-0.25, -0.2) is 4.79 Å². The molecule has 4 aromatic rings. The van der Waals surface area contributed by atoms with Crippen LogP contribution < -0.4 is 15.4 Å². The van der Waals surface area contributed by atoms with E-state index in [2.05, 4.69) is 16.7 Å². The zero-order valence-electron chi connectivity index (χ0n) is 22.0. The van der Waals surface area contributed by atoms with Crippen molar-refractivity contribution >= 4 is 34.9 Å². The molecular formula is C32H31ClN2O4. The minimum absolute atomic E-state index is 0.211. The van der Waals surface area contributed by atoms with Crippen LogP contribution in [0, 0.1) is 0 Å². The van der Waals surface area contributed by atoms with Gasteiger partial charge in [-0.3, -0.25) is 4.79 Å². The third-order valence-corrected chi connectivity index (χ3v) is 6.38. The Labute approximate surface area is 233 Å². The van der Waals surface area contributed by atoms with E-state index in [1.54, 1.807) is 25.1 Å². The Bertz CT molecular complexity index is 1440. The van der Waals surface area contributed by atoms with Crippen molar-refractivity contribution in [2.45, 2.75) is 33.4 Å². The summed E-state index contributed by atoms with van der Waals surface area (Å²) in [5, 5.41) is 6.70. The molecule has 7 heteroatoms. The fourth-order valence-corrected chi connectivity index (χ4v) is 4.38. The molecule has 0 aliphatic heterocycles. The number of hydrogen-bond acceptors (Lipinski definition) is 5. The number of nitrogens with one attached hydrogen (secondary N) is 2. The van der Waals surface area contributed by atoms with Crippen molar-refractivity contribution in [3.8, 4) is 5.75 Å². The molecule has 0 radical (unpaired) electrons. The second kappa shape index (κ2) is 13.5. The standard InChI is InChI=1S/C32H31ClN2O4/c1-3-38-32(37)26-15-16-29(35-22(2)36)30(19-26)34-20-27-14-13-24(18-28(27)33)17-25-11-7-8-12-31(25)39-21-23-9-5-4-6-10-23/h4-16,18-19,34H,3,17,20-21H2,1-2H3,(H,35,36). The lowest BCUT2D eigenvalue weighted by Crippen LogP contribution is -2.12. The Balaban J connectivity index is 1.46. The monoisotopic (exact) mass is 542 g/mol. The van der Waals surface area contributed by atoms with Crippen molar-refractivity contribution in [2.24, 2.45) is 0 Å². The number of carbonyl (C=O) groups excluding carboxylic acids is 2. The number of benzene rings is 4. The Morgan fingerprint density at radius 1 is 0.821 bits per heavy atom. The molecule has 39 heavy (non-hydrogen) atoms. The van der Waals surface area contributed by atoms with Gasteiger partial charge in [0.1, 0.15) is 12.4 Å². The quantitative estimate of drug-likeness (QED) is 0.195. The molecule has 0 saturated carbocycles. The number of hydrogen-bond donors (Lipinski definition) is 2. The molecule has 0 spiro atoms. The van der Waals surface area contributed by atoms with Gasteiger partial charge in [-0.05, 0) is 59.5 Å². The van der Waals surface area contributed by atoms with Gasteiger partial charge in [0.2, 0.25) is 5.91 Å². The fraction of sp³-hybridized carbons (Fsp3) is 0.188. The van der Waals surface area contributed by atoms with Crippen LogP contribution in [0.15, 0.2) is 91.0 Å². The number of rotatable bonds is 11. The summed E-state index contributed by atoms with van der Waals surface area (Å²) in [5.41, 5.74) is 5.68. The molecule has 4 rings (SSSR count). The van der Waals surface area contributed by atoms with Crippen LogP contribution in [0.4, 0.5) is 11.4 Å². The first-order valence-corrected chi connectivity index (χ1v) is 13.1. The van der Waals surface area contributed by atoms with Crippen molar-refractivity contribution in [3.05, 3.63) is 124 Å². The molecule has 2 N–H and O–H groups in total. The van der Waals surface area contributed by atoms with Gasteiger partial charge < -0.3 is 20.1 Å². The lowest BCUT2D eigenvalue weighted by atomic mass is 10.0. The maximum absolute atomic E-state index is 12.2. The van der Waals surface area contributed by atoms with Crippen LogP contribution in [0.25, 0.3) is 0 Å². The summed E-state index contributed by atoms with van der Waals surface area (Å²) in [6, 6.07) is 29.0. The highest BCUT2D eigenvalue weighted by Gasteiger charge is 2.13. The maximum Gasteiger partial charge on any atom is 0.338 e. The van der Waals surface area contributed by atoms with Crippen LogP contribution in [0.2, 0.25) is 5.02 Å². The van der Waals surface area contributed by atoms with Gasteiger partial charge in [0.15, 0.2) is 0 Å². The number of ether oxygens (including phenoxy) is 2. The van der Waals surface area contributed by atoms with E-state index < -0.39 is 5.97 Å². The molecule has 0 saturated heterocycles. The van der Waals surface area contributed by atoms with E-state index in [4.69, 9.17) is 21.1 Å². The number of amides is 1. The average Bonchev–Trinajstić information content (AvgIpc) is 2.93. The lowest BCUT2D eigenvalue weighted by molar-refractivity contribution is -0.114. The number of anilines is 2. The van der Waals surface area contributed by atoms with Gasteiger partial charge in [0.05, 0.1) is 23.5 Å². The minimum Gasteiger partial charge on any atom is -0.489 e. The Kier molecular flexibility index (Phi) is 9.59. The maximum atomic E-state index is 12.2. The predicted molar refractivity (Wildman–Crippen MR) is 156 cm³/mol. The van der Waals surface area contributed by atoms with Gasteiger partial charge in [-0.15, -0.1) is 0 Å². The number of halogens is 1. The zero-order valence-corrected chi connectivity index (χ0v) is 22.8. The SMILES string of the molecule is CCOC(=O)c1ccc(NC(C)=O)c(NCc2ccc(Cc3ccccc3OCc3ccccc3)cc2Cl)c1. The molecule has 1 amide bonds. The summed E-state index contributed by atoms with van der Waals surface area (Å²) < 4.78 is 11.2. The molecule has 0 aliphatic carbocycles.